The third kappa shape index (κ3) is 6.44. The molecule has 0 saturated heterocycles. The quantitative estimate of drug-likeness (QED) is 0.410. The number of carbonyl (C=O) groups is 1. The number of rotatable bonds is 7. The minimum absolute atomic E-state index is 0.120. The number of amides is 1. The van der Waals surface area contributed by atoms with Gasteiger partial charge in [0.2, 0.25) is 5.91 Å². The van der Waals surface area contributed by atoms with Gasteiger partial charge < -0.3 is 0 Å². The summed E-state index contributed by atoms with van der Waals surface area (Å²) in [7, 11) is 0. The van der Waals surface area contributed by atoms with E-state index in [1.807, 2.05) is 6.21 Å². The molecule has 0 aliphatic heterocycles. The van der Waals surface area contributed by atoms with Crippen LogP contribution < -0.4 is 5.43 Å². The molecule has 17 heavy (non-hydrogen) atoms. The van der Waals surface area contributed by atoms with Crippen LogP contribution in [0.2, 0.25) is 0 Å². The molecule has 0 heterocycles. The van der Waals surface area contributed by atoms with Gasteiger partial charge in [0.15, 0.2) is 0 Å². The Balaban J connectivity index is 2.04. The van der Waals surface area contributed by atoms with Gasteiger partial charge in [-0.15, -0.1) is 0 Å². The van der Waals surface area contributed by atoms with E-state index in [0.717, 1.165) is 19.3 Å². The number of nitrogens with zero attached hydrogens (tertiary/aromatic N) is 1. The van der Waals surface area contributed by atoms with E-state index in [0.29, 0.717) is 0 Å². The lowest BCUT2D eigenvalue weighted by Crippen LogP contribution is -2.28. The number of nitrogens with one attached hydrogen (secondary N) is 1. The van der Waals surface area contributed by atoms with Gasteiger partial charge in [0.25, 0.3) is 0 Å². The van der Waals surface area contributed by atoms with Crippen molar-refractivity contribution in [1.82, 2.24) is 5.43 Å². The predicted molar refractivity (Wildman–Crippen MR) is 72.0 cm³/mol. The minimum Gasteiger partial charge on any atom is -0.273 e. The molecule has 3 heteroatoms. The van der Waals surface area contributed by atoms with Crippen LogP contribution in [0.1, 0.15) is 71.1 Å². The summed E-state index contributed by atoms with van der Waals surface area (Å²) in [6.45, 7) is 2.21. The molecule has 1 N–H and O–H groups in total. The molecule has 1 saturated carbocycles. The Morgan fingerprint density at radius 2 is 2.00 bits per heavy atom. The third-order valence-corrected chi connectivity index (χ3v) is 3.43. The molecule has 0 unspecified atom stereocenters. The van der Waals surface area contributed by atoms with Gasteiger partial charge in [0, 0.05) is 12.1 Å². The fraction of sp³-hybridized carbons (Fsp3) is 0.857. The van der Waals surface area contributed by atoms with Crippen LogP contribution in [0.4, 0.5) is 0 Å². The molecule has 0 aromatic carbocycles. The van der Waals surface area contributed by atoms with Gasteiger partial charge >= 0.3 is 0 Å². The smallest absolute Gasteiger partial charge is 0.243 e. The summed E-state index contributed by atoms with van der Waals surface area (Å²) < 4.78 is 0. The number of hydrogen-bond acceptors (Lipinski definition) is 2. The maximum Gasteiger partial charge on any atom is 0.243 e. The summed E-state index contributed by atoms with van der Waals surface area (Å²) in [6.07, 6.45) is 13.6. The largest absolute Gasteiger partial charge is 0.273 e. The topological polar surface area (TPSA) is 41.5 Å². The number of carbonyl (C=O) groups excluding carboxylic acids is 1. The highest BCUT2D eigenvalue weighted by Gasteiger charge is 2.20. The monoisotopic (exact) mass is 238 g/mol. The van der Waals surface area contributed by atoms with Crippen LogP contribution in [0.15, 0.2) is 5.10 Å². The summed E-state index contributed by atoms with van der Waals surface area (Å²) in [5.74, 6) is 0.329. The van der Waals surface area contributed by atoms with Crippen LogP contribution in [0.5, 0.6) is 0 Å². The molecule has 98 valence electrons. The van der Waals surface area contributed by atoms with E-state index >= 15 is 0 Å². The second-order valence-electron chi connectivity index (χ2n) is 4.97. The first kappa shape index (κ1) is 14.2. The Bertz CT molecular complexity index is 232. The molecule has 0 atom stereocenters. The molecule has 1 amide bonds. The van der Waals surface area contributed by atoms with Gasteiger partial charge in [0.05, 0.1) is 0 Å². The lowest BCUT2D eigenvalue weighted by molar-refractivity contribution is -0.125. The van der Waals surface area contributed by atoms with Crippen molar-refractivity contribution in [3.05, 3.63) is 0 Å². The van der Waals surface area contributed by atoms with Crippen molar-refractivity contribution in [1.29, 1.82) is 0 Å². The van der Waals surface area contributed by atoms with Gasteiger partial charge in [-0.1, -0.05) is 45.4 Å². The Labute approximate surface area is 105 Å². The number of unbranched alkanes of at least 4 members (excludes halogenated alkanes) is 4. The van der Waals surface area contributed by atoms with Crippen molar-refractivity contribution in [3.8, 4) is 0 Å². The molecule has 0 radical (unpaired) electrons. The van der Waals surface area contributed by atoms with Crippen LogP contribution in [-0.2, 0) is 4.79 Å². The second-order valence-corrected chi connectivity index (χ2v) is 4.97. The van der Waals surface area contributed by atoms with E-state index in [9.17, 15) is 4.79 Å². The molecule has 3 nitrogen and oxygen atoms in total. The zero-order valence-corrected chi connectivity index (χ0v) is 11.1. The highest BCUT2D eigenvalue weighted by atomic mass is 16.2. The van der Waals surface area contributed by atoms with Crippen LogP contribution in [0.3, 0.4) is 0 Å². The summed E-state index contributed by atoms with van der Waals surface area (Å²) in [5, 5.41) is 4.02. The van der Waals surface area contributed by atoms with Crippen molar-refractivity contribution in [2.75, 3.05) is 0 Å². The predicted octanol–water partition coefficient (Wildman–Crippen LogP) is 3.64. The Morgan fingerprint density at radius 1 is 1.24 bits per heavy atom. The molecule has 0 aromatic heterocycles. The molecule has 1 fully saturated rings. The van der Waals surface area contributed by atoms with E-state index in [1.54, 1.807) is 0 Å². The van der Waals surface area contributed by atoms with Crippen LogP contribution >= 0.6 is 0 Å². The first-order valence-electron chi connectivity index (χ1n) is 7.16. The summed E-state index contributed by atoms with van der Waals surface area (Å²) in [4.78, 5) is 11.7. The van der Waals surface area contributed by atoms with Gasteiger partial charge in [-0.25, -0.2) is 5.43 Å². The maximum atomic E-state index is 11.7. The molecular weight excluding hydrogens is 212 g/mol. The average Bonchev–Trinajstić information content (AvgIpc) is 2.38. The summed E-state index contributed by atoms with van der Waals surface area (Å²) in [6, 6.07) is 0. The van der Waals surface area contributed by atoms with Gasteiger partial charge in [-0.2, -0.15) is 5.10 Å². The second kappa shape index (κ2) is 9.20. The molecule has 1 aliphatic carbocycles. The van der Waals surface area contributed by atoms with E-state index < -0.39 is 0 Å². The van der Waals surface area contributed by atoms with Crippen molar-refractivity contribution >= 4 is 12.1 Å². The van der Waals surface area contributed by atoms with Crippen LogP contribution in [0, 0.1) is 5.92 Å². The molecular formula is C14H26N2O. The lowest BCUT2D eigenvalue weighted by atomic mass is 9.89. The molecule has 0 spiro atoms. The van der Waals surface area contributed by atoms with E-state index in [1.165, 1.54) is 44.9 Å². The number of hydrazone groups is 1. The molecule has 1 rings (SSSR count). The van der Waals surface area contributed by atoms with Gasteiger partial charge in [0.1, 0.15) is 0 Å². The van der Waals surface area contributed by atoms with Crippen molar-refractivity contribution in [2.45, 2.75) is 71.1 Å². The number of hydrogen-bond donors (Lipinski definition) is 1. The van der Waals surface area contributed by atoms with Crippen molar-refractivity contribution in [3.63, 3.8) is 0 Å². The minimum atomic E-state index is 0.120. The van der Waals surface area contributed by atoms with E-state index in [2.05, 4.69) is 17.5 Å². The van der Waals surface area contributed by atoms with Crippen molar-refractivity contribution in [2.24, 2.45) is 11.0 Å². The first-order chi connectivity index (χ1) is 8.34. The summed E-state index contributed by atoms with van der Waals surface area (Å²) >= 11 is 0. The van der Waals surface area contributed by atoms with Gasteiger partial charge in [-0.3, -0.25) is 4.79 Å². The lowest BCUT2D eigenvalue weighted by Gasteiger charge is -2.19. The maximum absolute atomic E-state index is 11.7. The normalized spacial score (nSPS) is 17.5. The molecule has 1 aliphatic rings. The van der Waals surface area contributed by atoms with Crippen LogP contribution in [0.25, 0.3) is 0 Å². The van der Waals surface area contributed by atoms with E-state index in [-0.39, 0.29) is 11.8 Å². The summed E-state index contributed by atoms with van der Waals surface area (Å²) in [5.41, 5.74) is 2.67. The van der Waals surface area contributed by atoms with Crippen LogP contribution in [-0.4, -0.2) is 12.1 Å². The molecule has 0 bridgehead atoms. The fourth-order valence-corrected chi connectivity index (χ4v) is 2.29. The highest BCUT2D eigenvalue weighted by Crippen LogP contribution is 2.23. The third-order valence-electron chi connectivity index (χ3n) is 3.43. The molecule has 0 aromatic rings. The Hall–Kier alpha value is -0.860. The average molecular weight is 238 g/mol. The highest BCUT2D eigenvalue weighted by molar-refractivity contribution is 5.79. The first-order valence-corrected chi connectivity index (χ1v) is 7.16. The fourth-order valence-electron chi connectivity index (χ4n) is 2.29. The zero-order valence-electron chi connectivity index (χ0n) is 11.1. The zero-order chi connectivity index (χ0) is 12.3. The van der Waals surface area contributed by atoms with Gasteiger partial charge in [-0.05, 0) is 25.7 Å². The van der Waals surface area contributed by atoms with E-state index in [4.69, 9.17) is 0 Å². The standard InChI is InChI=1S/C14H26N2O/c1-2-3-4-5-9-12-15-16-14(17)13-10-7-6-8-11-13/h12-13H,2-11H2,1H3,(H,16,17). The Kier molecular flexibility index (Phi) is 7.69. The Morgan fingerprint density at radius 3 is 2.71 bits per heavy atom. The van der Waals surface area contributed by atoms with Crippen molar-refractivity contribution < 1.29 is 4.79 Å². The SMILES string of the molecule is CCCCCCC=NNC(=O)C1CCCCC1.